The Kier molecular flexibility index (Phi) is 6.34. The molecular weight excluding hydrogens is 441 g/mol. The van der Waals surface area contributed by atoms with Gasteiger partial charge in [0.05, 0.1) is 29.9 Å². The predicted molar refractivity (Wildman–Crippen MR) is 111 cm³/mol. The van der Waals surface area contributed by atoms with Crippen LogP contribution in [0, 0.1) is 18.3 Å². The smallest absolute Gasteiger partial charge is 0.404 e. The van der Waals surface area contributed by atoms with Gasteiger partial charge in [-0.1, -0.05) is 0 Å². The van der Waals surface area contributed by atoms with Crippen molar-refractivity contribution in [3.63, 3.8) is 0 Å². The number of aromatic nitrogens is 5. The summed E-state index contributed by atoms with van der Waals surface area (Å²) < 4.78 is 41.2. The van der Waals surface area contributed by atoms with Crippen LogP contribution in [0.2, 0.25) is 0 Å². The number of rotatable bonds is 5. The zero-order valence-electron chi connectivity index (χ0n) is 16.9. The number of aliphatic imine (C=N–C) groups is 1. The van der Waals surface area contributed by atoms with Gasteiger partial charge in [0.15, 0.2) is 17.3 Å². The van der Waals surface area contributed by atoms with E-state index in [1.54, 1.807) is 6.92 Å². The summed E-state index contributed by atoms with van der Waals surface area (Å²) in [4.78, 5) is 24.9. The second-order valence-corrected chi connectivity index (χ2v) is 6.45. The summed E-state index contributed by atoms with van der Waals surface area (Å²) in [6, 6.07) is 5.76. The molecule has 14 heteroatoms. The van der Waals surface area contributed by atoms with Crippen LogP contribution in [0.25, 0.3) is 5.82 Å². The van der Waals surface area contributed by atoms with Crippen LogP contribution < -0.4 is 16.8 Å². The van der Waals surface area contributed by atoms with Crippen molar-refractivity contribution in [1.82, 2.24) is 25.0 Å². The van der Waals surface area contributed by atoms with Crippen molar-refractivity contribution in [2.24, 2.45) is 10.7 Å². The Bertz CT molecular complexity index is 1270. The molecule has 0 aromatic carbocycles. The molecule has 1 amide bonds. The van der Waals surface area contributed by atoms with Crippen molar-refractivity contribution in [3.8, 4) is 11.9 Å². The van der Waals surface area contributed by atoms with E-state index < -0.39 is 23.4 Å². The minimum Gasteiger partial charge on any atom is -0.404 e. The number of carbonyl (C=O) groups is 1. The molecule has 0 aliphatic rings. The Balaban J connectivity index is 1.95. The standard InChI is InChI=1S/C19H15F3N10O/c1-10-4-14(25)30-15(5-10)31-16(19(20,21)22)13(8-24)18(33)29-12-6-11(7-23)17(26-9-12)32-27-2-3-28-32/h2-6,8-9H,24H2,1H3,(H2,25,30)(H,29,33). The average Bonchev–Trinajstić information content (AvgIpc) is 3.26. The Labute approximate surface area is 184 Å². The van der Waals surface area contributed by atoms with Gasteiger partial charge in [0.2, 0.25) is 0 Å². The highest BCUT2D eigenvalue weighted by Gasteiger charge is 2.40. The zero-order chi connectivity index (χ0) is 24.2. The van der Waals surface area contributed by atoms with E-state index in [1.807, 2.05) is 6.07 Å². The zero-order valence-corrected chi connectivity index (χ0v) is 16.9. The van der Waals surface area contributed by atoms with Gasteiger partial charge in [0, 0.05) is 6.20 Å². The second-order valence-electron chi connectivity index (χ2n) is 6.45. The van der Waals surface area contributed by atoms with Crippen LogP contribution >= 0.6 is 0 Å². The molecule has 11 nitrogen and oxygen atoms in total. The highest BCUT2D eigenvalue weighted by molar-refractivity contribution is 6.27. The molecule has 3 aromatic heterocycles. The number of carbonyl (C=O) groups excluding carboxylic acids is 1. The third-order valence-corrected chi connectivity index (χ3v) is 3.99. The van der Waals surface area contributed by atoms with Crippen LogP contribution in [0.1, 0.15) is 11.1 Å². The molecular formula is C19H15F3N10O. The van der Waals surface area contributed by atoms with Gasteiger partial charge in [-0.05, 0) is 30.7 Å². The van der Waals surface area contributed by atoms with Crippen molar-refractivity contribution >= 4 is 28.9 Å². The Morgan fingerprint density at radius 3 is 2.55 bits per heavy atom. The molecule has 0 bridgehead atoms. The van der Waals surface area contributed by atoms with E-state index in [9.17, 15) is 23.2 Å². The molecule has 5 N–H and O–H groups in total. The SMILES string of the molecule is Cc1cc(N)nc(N=C(C(=CN)C(=O)Nc2cnc(-n3nccn3)c(C#N)c2)C(F)(F)F)c1. The Morgan fingerprint density at radius 2 is 1.97 bits per heavy atom. The average molecular weight is 456 g/mol. The molecule has 33 heavy (non-hydrogen) atoms. The fraction of sp³-hybridized carbons (Fsp3) is 0.105. The number of nitrogen functional groups attached to an aromatic ring is 1. The van der Waals surface area contributed by atoms with Crippen LogP contribution in [-0.2, 0) is 4.79 Å². The molecule has 0 unspecified atom stereocenters. The molecule has 0 spiro atoms. The van der Waals surface area contributed by atoms with Gasteiger partial charge in [0.25, 0.3) is 5.91 Å². The van der Waals surface area contributed by atoms with Gasteiger partial charge in [0.1, 0.15) is 17.5 Å². The van der Waals surface area contributed by atoms with Crippen LogP contribution in [-0.4, -0.2) is 42.8 Å². The first-order valence-electron chi connectivity index (χ1n) is 9.03. The molecule has 3 rings (SSSR count). The summed E-state index contributed by atoms with van der Waals surface area (Å²) in [7, 11) is 0. The summed E-state index contributed by atoms with van der Waals surface area (Å²) in [6.45, 7) is 1.60. The highest BCUT2D eigenvalue weighted by Crippen LogP contribution is 2.27. The van der Waals surface area contributed by atoms with Gasteiger partial charge in [-0.15, -0.1) is 4.80 Å². The Morgan fingerprint density at radius 1 is 1.27 bits per heavy atom. The predicted octanol–water partition coefficient (Wildman–Crippen LogP) is 1.94. The number of nitrogens with one attached hydrogen (secondary N) is 1. The van der Waals surface area contributed by atoms with Gasteiger partial charge in [-0.25, -0.2) is 15.0 Å². The molecule has 0 saturated carbocycles. The second kappa shape index (κ2) is 9.14. The number of pyridine rings is 2. The molecule has 3 heterocycles. The number of hydrogen-bond donors (Lipinski definition) is 3. The fourth-order valence-corrected chi connectivity index (χ4v) is 2.68. The molecule has 0 atom stereocenters. The highest BCUT2D eigenvalue weighted by atomic mass is 19.4. The number of alkyl halides is 3. The lowest BCUT2D eigenvalue weighted by atomic mass is 10.1. The molecule has 0 radical (unpaired) electrons. The van der Waals surface area contributed by atoms with Crippen LogP contribution in [0.15, 0.2) is 53.6 Å². The maximum Gasteiger partial charge on any atom is 0.434 e. The topological polar surface area (TPSA) is 174 Å². The number of amides is 1. The lowest BCUT2D eigenvalue weighted by molar-refractivity contribution is -0.113. The minimum absolute atomic E-state index is 0.0357. The van der Waals surface area contributed by atoms with Crippen molar-refractivity contribution in [3.05, 3.63) is 59.7 Å². The van der Waals surface area contributed by atoms with E-state index >= 15 is 0 Å². The van der Waals surface area contributed by atoms with E-state index in [0.717, 1.165) is 11.0 Å². The van der Waals surface area contributed by atoms with E-state index in [0.29, 0.717) is 11.8 Å². The first-order valence-corrected chi connectivity index (χ1v) is 9.03. The van der Waals surface area contributed by atoms with Crippen LogP contribution in [0.3, 0.4) is 0 Å². The number of nitrogens with two attached hydrogens (primary N) is 2. The third-order valence-electron chi connectivity index (χ3n) is 3.99. The molecule has 3 aromatic rings. The number of nitrogens with zero attached hydrogens (tertiary/aromatic N) is 7. The summed E-state index contributed by atoms with van der Waals surface area (Å²) >= 11 is 0. The number of aryl methyl sites for hydroxylation is 1. The first-order chi connectivity index (χ1) is 15.6. The van der Waals surface area contributed by atoms with E-state index in [4.69, 9.17) is 11.5 Å². The summed E-state index contributed by atoms with van der Waals surface area (Å²) in [5, 5.41) is 19.3. The fourth-order valence-electron chi connectivity index (χ4n) is 2.68. The van der Waals surface area contributed by atoms with Crippen molar-refractivity contribution in [2.45, 2.75) is 13.1 Å². The Hall–Kier alpha value is -4.80. The van der Waals surface area contributed by atoms with Crippen molar-refractivity contribution in [2.75, 3.05) is 11.1 Å². The van der Waals surface area contributed by atoms with E-state index in [2.05, 4.69) is 30.5 Å². The lowest BCUT2D eigenvalue weighted by Crippen LogP contribution is -2.32. The molecule has 168 valence electrons. The van der Waals surface area contributed by atoms with E-state index in [1.165, 1.54) is 30.6 Å². The number of anilines is 2. The maximum absolute atomic E-state index is 13.7. The number of hydrogen-bond acceptors (Lipinski definition) is 9. The van der Waals surface area contributed by atoms with Crippen LogP contribution in [0.5, 0.6) is 0 Å². The van der Waals surface area contributed by atoms with Gasteiger partial charge in [-0.2, -0.15) is 28.6 Å². The molecule has 0 saturated heterocycles. The van der Waals surface area contributed by atoms with Gasteiger partial charge in [-0.3, -0.25) is 4.79 Å². The molecule has 0 aliphatic heterocycles. The first kappa shape index (κ1) is 22.9. The maximum atomic E-state index is 13.7. The quantitative estimate of drug-likeness (QED) is 0.386. The number of halogens is 3. The van der Waals surface area contributed by atoms with Crippen molar-refractivity contribution < 1.29 is 18.0 Å². The summed E-state index contributed by atoms with van der Waals surface area (Å²) in [5.41, 5.74) is 8.78. The number of nitriles is 1. The summed E-state index contributed by atoms with van der Waals surface area (Å²) in [5.74, 6) is -1.56. The largest absolute Gasteiger partial charge is 0.434 e. The van der Waals surface area contributed by atoms with Crippen LogP contribution in [0.4, 0.5) is 30.5 Å². The lowest BCUT2D eigenvalue weighted by Gasteiger charge is -2.14. The normalized spacial score (nSPS) is 12.3. The minimum atomic E-state index is -5.05. The summed E-state index contributed by atoms with van der Waals surface area (Å²) in [6.07, 6.45) is -0.716. The molecule has 0 fully saturated rings. The van der Waals surface area contributed by atoms with Gasteiger partial charge >= 0.3 is 6.18 Å². The molecule has 0 aliphatic carbocycles. The van der Waals surface area contributed by atoms with E-state index in [-0.39, 0.29) is 28.7 Å². The monoisotopic (exact) mass is 456 g/mol. The third kappa shape index (κ3) is 5.28. The van der Waals surface area contributed by atoms with Crippen molar-refractivity contribution in [1.29, 1.82) is 5.26 Å². The van der Waals surface area contributed by atoms with Gasteiger partial charge < -0.3 is 16.8 Å².